The third-order valence-electron chi connectivity index (χ3n) is 6.02. The van der Waals surface area contributed by atoms with Gasteiger partial charge >= 0.3 is 0 Å². The summed E-state index contributed by atoms with van der Waals surface area (Å²) in [6.45, 7) is 6.06. The van der Waals surface area contributed by atoms with Gasteiger partial charge in [0.2, 0.25) is 0 Å². The van der Waals surface area contributed by atoms with Crippen molar-refractivity contribution in [3.05, 3.63) is 72.2 Å². The highest BCUT2D eigenvalue weighted by Gasteiger charge is 2.21. The number of carbonyl (C=O) groups is 1. The maximum Gasteiger partial charge on any atom is 0.257 e. The lowest BCUT2D eigenvalue weighted by Crippen LogP contribution is -2.13. The molecule has 37 heavy (non-hydrogen) atoms. The molecule has 5 aromatic rings. The minimum Gasteiger partial charge on any atom is -0.493 e. The van der Waals surface area contributed by atoms with E-state index in [0.717, 1.165) is 27.4 Å². The average molecular weight is 498 g/mol. The Morgan fingerprint density at radius 3 is 2.43 bits per heavy atom. The van der Waals surface area contributed by atoms with Crippen LogP contribution in [-0.2, 0) is 5.41 Å². The summed E-state index contributed by atoms with van der Waals surface area (Å²) in [7, 11) is 3.17. The molecule has 5 rings (SSSR count). The largest absolute Gasteiger partial charge is 0.493 e. The number of fused-ring (bicyclic) bond motifs is 2. The highest BCUT2D eigenvalue weighted by molar-refractivity contribution is 6.13. The predicted octanol–water partition coefficient (Wildman–Crippen LogP) is 6.08. The van der Waals surface area contributed by atoms with Crippen LogP contribution in [0.5, 0.6) is 11.5 Å². The molecular weight excluding hydrogens is 470 g/mol. The Balaban J connectivity index is 1.44. The molecule has 0 saturated carbocycles. The zero-order valence-electron chi connectivity index (χ0n) is 21.2. The lowest BCUT2D eigenvalue weighted by molar-refractivity contribution is 0.102. The molecule has 0 radical (unpaired) electrons. The van der Waals surface area contributed by atoms with Crippen molar-refractivity contribution in [2.45, 2.75) is 26.2 Å². The molecule has 0 aliphatic carbocycles. The van der Waals surface area contributed by atoms with E-state index in [4.69, 9.17) is 14.0 Å². The highest BCUT2D eigenvalue weighted by atomic mass is 16.5. The van der Waals surface area contributed by atoms with Crippen LogP contribution >= 0.6 is 0 Å². The van der Waals surface area contributed by atoms with Crippen LogP contribution in [0.4, 0.5) is 17.3 Å². The quantitative estimate of drug-likeness (QED) is 0.290. The first-order valence-corrected chi connectivity index (χ1v) is 11.7. The van der Waals surface area contributed by atoms with Crippen LogP contribution in [-0.4, -0.2) is 35.3 Å². The second-order valence-electron chi connectivity index (χ2n) is 9.59. The van der Waals surface area contributed by atoms with Crippen LogP contribution < -0.4 is 20.1 Å². The Labute approximate surface area is 213 Å². The van der Waals surface area contributed by atoms with Crippen LogP contribution in [0.3, 0.4) is 0 Å². The third-order valence-corrected chi connectivity index (χ3v) is 6.02. The van der Waals surface area contributed by atoms with Crippen LogP contribution in [0.25, 0.3) is 21.7 Å². The zero-order valence-corrected chi connectivity index (χ0v) is 21.2. The Morgan fingerprint density at radius 2 is 1.70 bits per heavy atom. The lowest BCUT2D eigenvalue weighted by Gasteiger charge is -2.13. The summed E-state index contributed by atoms with van der Waals surface area (Å²) in [6.07, 6.45) is 1.50. The molecule has 0 atom stereocenters. The summed E-state index contributed by atoms with van der Waals surface area (Å²) in [4.78, 5) is 21.9. The second kappa shape index (κ2) is 9.42. The van der Waals surface area contributed by atoms with Crippen LogP contribution in [0.15, 0.2) is 65.4 Å². The average Bonchev–Trinajstić information content (AvgIpc) is 3.36. The first-order valence-electron chi connectivity index (χ1n) is 11.7. The zero-order chi connectivity index (χ0) is 26.2. The van der Waals surface area contributed by atoms with Gasteiger partial charge in [0.15, 0.2) is 17.3 Å². The number of ether oxygens (including phenoxy) is 2. The minimum absolute atomic E-state index is 0.203. The van der Waals surface area contributed by atoms with E-state index < -0.39 is 0 Å². The number of benzene rings is 3. The molecule has 0 bridgehead atoms. The smallest absolute Gasteiger partial charge is 0.257 e. The van der Waals surface area contributed by atoms with Crippen molar-refractivity contribution in [3.63, 3.8) is 0 Å². The molecule has 9 heteroatoms. The Hall–Kier alpha value is -4.66. The fourth-order valence-corrected chi connectivity index (χ4v) is 4.05. The standard InChI is InChI=1S/C28H27N5O4/c1-28(2,3)24-14-25(33-37-24)32-27(34)19-8-6-7-16-11-17(9-10-18(16)19)31-26-20-12-22(35-4)23(36-5)13-21(20)29-15-30-26/h6-15H,1-5H3,(H,29,30,31)(H,32,33,34). The van der Waals surface area contributed by atoms with Gasteiger partial charge in [-0.25, -0.2) is 9.97 Å². The molecule has 0 spiro atoms. The SMILES string of the molecule is COc1cc2ncnc(Nc3ccc4c(C(=O)Nc5cc(C(C)(C)C)on5)cccc4c3)c2cc1OC. The van der Waals surface area contributed by atoms with Gasteiger partial charge in [-0.3, -0.25) is 4.79 Å². The van der Waals surface area contributed by atoms with E-state index in [9.17, 15) is 4.79 Å². The molecular formula is C28H27N5O4. The third kappa shape index (κ3) is 4.75. The maximum absolute atomic E-state index is 13.1. The number of amides is 1. The molecule has 188 valence electrons. The Kier molecular flexibility index (Phi) is 6.12. The number of hydrogen-bond donors (Lipinski definition) is 2. The molecule has 0 saturated heterocycles. The molecule has 3 aromatic carbocycles. The first kappa shape index (κ1) is 24.1. The number of anilines is 3. The van der Waals surface area contributed by atoms with Crippen molar-refractivity contribution in [1.82, 2.24) is 15.1 Å². The molecule has 1 amide bonds. The summed E-state index contributed by atoms with van der Waals surface area (Å²) in [5.74, 6) is 2.63. The second-order valence-corrected chi connectivity index (χ2v) is 9.59. The summed E-state index contributed by atoms with van der Waals surface area (Å²) >= 11 is 0. The van der Waals surface area contributed by atoms with Gasteiger partial charge in [0.05, 0.1) is 19.7 Å². The van der Waals surface area contributed by atoms with Crippen molar-refractivity contribution < 1.29 is 18.8 Å². The van der Waals surface area contributed by atoms with Crippen molar-refractivity contribution in [2.24, 2.45) is 0 Å². The summed E-state index contributed by atoms with van der Waals surface area (Å²) < 4.78 is 16.2. The first-order chi connectivity index (χ1) is 17.8. The normalized spacial score (nSPS) is 11.5. The highest BCUT2D eigenvalue weighted by Crippen LogP contribution is 2.35. The lowest BCUT2D eigenvalue weighted by atomic mass is 9.93. The van der Waals surface area contributed by atoms with Gasteiger partial charge < -0.3 is 24.6 Å². The van der Waals surface area contributed by atoms with Gasteiger partial charge in [0.1, 0.15) is 17.9 Å². The van der Waals surface area contributed by atoms with E-state index in [2.05, 4.69) is 25.8 Å². The van der Waals surface area contributed by atoms with Crippen LogP contribution in [0, 0.1) is 0 Å². The van der Waals surface area contributed by atoms with Gasteiger partial charge in [0.25, 0.3) is 5.91 Å². The fraction of sp³-hybridized carbons (Fsp3) is 0.214. The molecule has 2 N–H and O–H groups in total. The topological polar surface area (TPSA) is 111 Å². The van der Waals surface area contributed by atoms with E-state index in [0.29, 0.717) is 34.5 Å². The van der Waals surface area contributed by atoms with E-state index in [1.165, 1.54) is 6.33 Å². The van der Waals surface area contributed by atoms with E-state index in [-0.39, 0.29) is 11.3 Å². The summed E-state index contributed by atoms with van der Waals surface area (Å²) in [5, 5.41) is 12.7. The van der Waals surface area contributed by atoms with Crippen LogP contribution in [0.1, 0.15) is 36.9 Å². The van der Waals surface area contributed by atoms with Gasteiger partial charge in [-0.1, -0.05) is 44.1 Å². The van der Waals surface area contributed by atoms with Gasteiger partial charge in [-0.05, 0) is 35.0 Å². The number of hydrogen-bond acceptors (Lipinski definition) is 8. The Bertz CT molecular complexity index is 1620. The molecule has 0 unspecified atom stereocenters. The summed E-state index contributed by atoms with van der Waals surface area (Å²) in [5.41, 5.74) is 1.86. The van der Waals surface area contributed by atoms with E-state index in [1.807, 2.05) is 63.2 Å². The van der Waals surface area contributed by atoms with Crippen molar-refractivity contribution in [3.8, 4) is 11.5 Å². The molecule has 2 aromatic heterocycles. The predicted molar refractivity (Wildman–Crippen MR) is 143 cm³/mol. The number of carbonyl (C=O) groups excluding carboxylic acids is 1. The molecule has 0 aliphatic rings. The minimum atomic E-state index is -0.261. The number of nitrogens with one attached hydrogen (secondary N) is 2. The number of aromatic nitrogens is 3. The maximum atomic E-state index is 13.1. The molecule has 9 nitrogen and oxygen atoms in total. The number of rotatable bonds is 6. The van der Waals surface area contributed by atoms with Gasteiger partial charge in [0, 0.05) is 34.2 Å². The fourth-order valence-electron chi connectivity index (χ4n) is 4.05. The van der Waals surface area contributed by atoms with E-state index >= 15 is 0 Å². The number of nitrogens with zero attached hydrogens (tertiary/aromatic N) is 3. The summed E-state index contributed by atoms with van der Waals surface area (Å²) in [6, 6.07) is 16.8. The van der Waals surface area contributed by atoms with Crippen molar-refractivity contribution >= 4 is 44.9 Å². The molecule has 0 aliphatic heterocycles. The number of methoxy groups -OCH3 is 2. The van der Waals surface area contributed by atoms with Crippen LogP contribution in [0.2, 0.25) is 0 Å². The van der Waals surface area contributed by atoms with Crippen molar-refractivity contribution in [2.75, 3.05) is 24.9 Å². The van der Waals surface area contributed by atoms with E-state index in [1.54, 1.807) is 26.4 Å². The molecule has 2 heterocycles. The van der Waals surface area contributed by atoms with Gasteiger partial charge in [-0.2, -0.15) is 0 Å². The van der Waals surface area contributed by atoms with Gasteiger partial charge in [-0.15, -0.1) is 0 Å². The Morgan fingerprint density at radius 1 is 0.919 bits per heavy atom. The van der Waals surface area contributed by atoms with Crippen molar-refractivity contribution in [1.29, 1.82) is 0 Å². The monoisotopic (exact) mass is 497 g/mol. The molecule has 0 fully saturated rings.